The van der Waals surface area contributed by atoms with Crippen LogP contribution in [0.1, 0.15) is 13.3 Å². The van der Waals surface area contributed by atoms with Crippen molar-refractivity contribution in [3.63, 3.8) is 0 Å². The summed E-state index contributed by atoms with van der Waals surface area (Å²) in [5.41, 5.74) is 0. The van der Waals surface area contributed by atoms with Crippen molar-refractivity contribution in [1.82, 2.24) is 0 Å². The topological polar surface area (TPSA) is 37.3 Å². The van der Waals surface area contributed by atoms with Crippen molar-refractivity contribution in [3.8, 4) is 0 Å². The fraction of sp³-hybridized carbons (Fsp3) is 1.00. The number of aliphatic hydroxyl groups excluding tert-OH is 1. The Morgan fingerprint density at radius 3 is 1.83 bits per heavy atom. The number of rotatable bonds is 1. The third-order valence-electron chi connectivity index (χ3n) is 0.224. The second kappa shape index (κ2) is 18.4. The Morgan fingerprint density at radius 1 is 1.67 bits per heavy atom. The van der Waals surface area contributed by atoms with Crippen molar-refractivity contribution >= 4 is 0 Å². The van der Waals surface area contributed by atoms with Crippen LogP contribution in [-0.2, 0) is 21.0 Å². The van der Waals surface area contributed by atoms with Gasteiger partial charge in [-0.15, -0.1) is 0 Å². The van der Waals surface area contributed by atoms with Gasteiger partial charge in [0, 0.05) is 6.61 Å². The SMILES string of the molecule is CCCO.[O]=[V]. The van der Waals surface area contributed by atoms with Crippen LogP contribution >= 0.6 is 0 Å². The maximum atomic E-state index is 8.19. The first-order valence-electron chi connectivity index (χ1n) is 1.71. The first-order chi connectivity index (χ1) is 2.91. The Hall–Kier alpha value is 0.344. The van der Waals surface area contributed by atoms with Crippen LogP contribution in [0.15, 0.2) is 0 Å². The zero-order valence-corrected chi connectivity index (χ0v) is 5.11. The van der Waals surface area contributed by atoms with E-state index in [-0.39, 0.29) is 0 Å². The van der Waals surface area contributed by atoms with E-state index in [1.165, 1.54) is 0 Å². The molecule has 0 aromatic heterocycles. The minimum absolute atomic E-state index is 0.319. The van der Waals surface area contributed by atoms with E-state index in [0.717, 1.165) is 23.8 Å². The first kappa shape index (κ1) is 9.60. The summed E-state index contributed by atoms with van der Waals surface area (Å²) in [5, 5.41) is 7.88. The van der Waals surface area contributed by atoms with Gasteiger partial charge in [-0.3, -0.25) is 0 Å². The van der Waals surface area contributed by atoms with Gasteiger partial charge in [-0.1, -0.05) is 6.92 Å². The van der Waals surface area contributed by atoms with E-state index >= 15 is 0 Å². The normalized spacial score (nSPS) is 5.50. The molecule has 0 spiro atoms. The van der Waals surface area contributed by atoms with Crippen molar-refractivity contribution < 1.29 is 26.1 Å². The monoisotopic (exact) mass is 127 g/mol. The molecule has 0 rings (SSSR count). The second-order valence-corrected chi connectivity index (χ2v) is 0.724. The standard InChI is InChI=1S/C3H8O.O.V/c1-2-3-4;;/h4H,2-3H2,1H3;;. The molecule has 0 aliphatic carbocycles. The van der Waals surface area contributed by atoms with Gasteiger partial charge in [0.1, 0.15) is 0 Å². The fourth-order valence-electron chi connectivity index (χ4n) is 0. The van der Waals surface area contributed by atoms with Crippen LogP contribution in [0.2, 0.25) is 0 Å². The summed E-state index contributed by atoms with van der Waals surface area (Å²) in [4.78, 5) is 0. The molecule has 0 saturated heterocycles. The zero-order chi connectivity index (χ0) is 5.41. The molecule has 0 aliphatic heterocycles. The predicted molar refractivity (Wildman–Crippen MR) is 18.1 cm³/mol. The Labute approximate surface area is 46.8 Å². The van der Waals surface area contributed by atoms with Crippen LogP contribution in [0.4, 0.5) is 0 Å². The van der Waals surface area contributed by atoms with Gasteiger partial charge >= 0.3 is 21.0 Å². The Kier molecular flexibility index (Phi) is 29.4. The van der Waals surface area contributed by atoms with Crippen molar-refractivity contribution in [2.45, 2.75) is 13.3 Å². The molecule has 37 valence electrons. The number of hydrogen-bond acceptors (Lipinski definition) is 2. The van der Waals surface area contributed by atoms with E-state index in [2.05, 4.69) is 0 Å². The molecular formula is C3H8O2V. The molecule has 1 N–H and O–H groups in total. The molecule has 0 radical (unpaired) electrons. The van der Waals surface area contributed by atoms with Crippen LogP contribution in [0.25, 0.3) is 0 Å². The molecule has 0 heterocycles. The van der Waals surface area contributed by atoms with E-state index in [9.17, 15) is 0 Å². The molecule has 0 saturated carbocycles. The van der Waals surface area contributed by atoms with E-state index in [1.54, 1.807) is 0 Å². The van der Waals surface area contributed by atoms with E-state index in [1.807, 2.05) is 6.92 Å². The molecule has 0 aromatic carbocycles. The van der Waals surface area contributed by atoms with Gasteiger partial charge in [-0.2, -0.15) is 0 Å². The predicted octanol–water partition coefficient (Wildman–Crippen LogP) is 0.267. The van der Waals surface area contributed by atoms with Crippen molar-refractivity contribution in [1.29, 1.82) is 0 Å². The Bertz CT molecular complexity index is 16.3. The summed E-state index contributed by atoms with van der Waals surface area (Å²) in [6.45, 7) is 2.25. The molecule has 2 nitrogen and oxygen atoms in total. The van der Waals surface area contributed by atoms with Gasteiger partial charge in [-0.25, -0.2) is 0 Å². The van der Waals surface area contributed by atoms with Crippen molar-refractivity contribution in [3.05, 3.63) is 0 Å². The Balaban J connectivity index is 0. The molecule has 6 heavy (non-hydrogen) atoms. The third-order valence-corrected chi connectivity index (χ3v) is 0.224. The van der Waals surface area contributed by atoms with Gasteiger partial charge < -0.3 is 5.11 Å². The third kappa shape index (κ3) is 26.9. The molecule has 0 aromatic rings. The summed E-state index contributed by atoms with van der Waals surface area (Å²) in [7, 11) is 0. The summed E-state index contributed by atoms with van der Waals surface area (Å²) < 4.78 is 8.19. The summed E-state index contributed by atoms with van der Waals surface area (Å²) >= 11 is 1.06. The van der Waals surface area contributed by atoms with Gasteiger partial charge in [-0.05, 0) is 6.42 Å². The molecular weight excluding hydrogens is 119 g/mol. The van der Waals surface area contributed by atoms with Gasteiger partial charge in [0.25, 0.3) is 0 Å². The quantitative estimate of drug-likeness (QED) is 0.548. The van der Waals surface area contributed by atoms with Crippen LogP contribution in [0, 0.1) is 0 Å². The second-order valence-electron chi connectivity index (χ2n) is 0.724. The molecule has 0 aliphatic rings. The van der Waals surface area contributed by atoms with Gasteiger partial charge in [0.05, 0.1) is 0 Å². The molecule has 0 unspecified atom stereocenters. The average molecular weight is 127 g/mol. The van der Waals surface area contributed by atoms with E-state index in [4.69, 9.17) is 8.78 Å². The van der Waals surface area contributed by atoms with Crippen molar-refractivity contribution in [2.75, 3.05) is 6.61 Å². The van der Waals surface area contributed by atoms with E-state index < -0.39 is 0 Å². The van der Waals surface area contributed by atoms with Crippen LogP contribution in [0.3, 0.4) is 0 Å². The first-order valence-corrected chi connectivity index (χ1v) is 2.28. The molecule has 0 fully saturated rings. The van der Waals surface area contributed by atoms with Gasteiger partial charge in [0.15, 0.2) is 0 Å². The summed E-state index contributed by atoms with van der Waals surface area (Å²) in [5.74, 6) is 0. The molecule has 0 atom stereocenters. The number of hydrogen-bond donors (Lipinski definition) is 1. The summed E-state index contributed by atoms with van der Waals surface area (Å²) in [6.07, 6.45) is 0.875. The van der Waals surface area contributed by atoms with Crippen LogP contribution in [-0.4, -0.2) is 11.7 Å². The average Bonchev–Trinajstić information content (AvgIpc) is 1.72. The zero-order valence-electron chi connectivity index (χ0n) is 3.72. The summed E-state index contributed by atoms with van der Waals surface area (Å²) in [6, 6.07) is 0. The van der Waals surface area contributed by atoms with E-state index in [0.29, 0.717) is 6.61 Å². The maximum absolute atomic E-state index is 8.19. The number of aliphatic hydroxyl groups is 1. The molecule has 0 amide bonds. The van der Waals surface area contributed by atoms with Gasteiger partial charge in [0.2, 0.25) is 0 Å². The van der Waals surface area contributed by atoms with Crippen molar-refractivity contribution in [2.24, 2.45) is 0 Å². The minimum atomic E-state index is 0.319. The molecule has 0 bridgehead atoms. The van der Waals surface area contributed by atoms with Crippen LogP contribution < -0.4 is 0 Å². The van der Waals surface area contributed by atoms with Crippen LogP contribution in [0.5, 0.6) is 0 Å². The Morgan fingerprint density at radius 2 is 1.83 bits per heavy atom. The molecule has 3 heteroatoms. The fourth-order valence-corrected chi connectivity index (χ4v) is 0.